The molecule has 138 valence electrons. The molecule has 1 rings (SSSR count). The molecule has 0 aliphatic rings. The van der Waals surface area contributed by atoms with Crippen LogP contribution in [0.15, 0.2) is 12.4 Å². The second-order valence-electron chi connectivity index (χ2n) is 5.33. The molecule has 0 amide bonds. The standard InChI is InChI=1S/C15H26N2O7/c1-22-8-12(20)15(24-3)14(21)10-6-16-9(5-17-10)4-11(19)13(7-18)23-2/h5-6,11-15,18-21H,4,7-8H2,1-3H3/t11-,12-,13-,14?,15+/m0/s1. The molecule has 1 aromatic heterocycles. The number of rotatable bonds is 11. The van der Waals surface area contributed by atoms with Crippen LogP contribution >= 0.6 is 0 Å². The number of aromatic nitrogens is 2. The summed E-state index contributed by atoms with van der Waals surface area (Å²) in [5.74, 6) is 0. The van der Waals surface area contributed by atoms with E-state index in [2.05, 4.69) is 9.97 Å². The smallest absolute Gasteiger partial charge is 0.126 e. The maximum atomic E-state index is 10.3. The summed E-state index contributed by atoms with van der Waals surface area (Å²) >= 11 is 0. The van der Waals surface area contributed by atoms with Crippen LogP contribution in [0.3, 0.4) is 0 Å². The van der Waals surface area contributed by atoms with Gasteiger partial charge in [0.25, 0.3) is 0 Å². The molecule has 1 unspecified atom stereocenters. The molecule has 0 fully saturated rings. The Balaban J connectivity index is 2.75. The second kappa shape index (κ2) is 10.6. The number of aliphatic hydroxyl groups is 4. The summed E-state index contributed by atoms with van der Waals surface area (Å²) in [6.07, 6.45) is -1.87. The molecular formula is C15H26N2O7. The first-order chi connectivity index (χ1) is 11.5. The van der Waals surface area contributed by atoms with Crippen LogP contribution in [0, 0.1) is 0 Å². The van der Waals surface area contributed by atoms with Crippen LogP contribution in [0.5, 0.6) is 0 Å². The van der Waals surface area contributed by atoms with Gasteiger partial charge in [0.1, 0.15) is 24.4 Å². The Morgan fingerprint density at radius 1 is 1.00 bits per heavy atom. The Morgan fingerprint density at radius 3 is 2.17 bits per heavy atom. The monoisotopic (exact) mass is 346 g/mol. The molecule has 1 aromatic rings. The zero-order chi connectivity index (χ0) is 18.1. The lowest BCUT2D eigenvalue weighted by Gasteiger charge is -2.25. The number of aliphatic hydroxyl groups excluding tert-OH is 4. The van der Waals surface area contributed by atoms with Crippen molar-refractivity contribution < 1.29 is 34.6 Å². The van der Waals surface area contributed by atoms with E-state index in [9.17, 15) is 15.3 Å². The van der Waals surface area contributed by atoms with Crippen molar-refractivity contribution in [3.63, 3.8) is 0 Å². The number of ether oxygens (including phenoxy) is 3. The number of hydrogen-bond acceptors (Lipinski definition) is 9. The molecule has 0 saturated carbocycles. The lowest BCUT2D eigenvalue weighted by Crippen LogP contribution is -2.37. The Bertz CT molecular complexity index is 456. The SMILES string of the molecule is COC[C@H](O)[C@@H](OC)C(O)c1cnc(C[C@H](O)[C@H](CO)OC)cn1. The Hall–Kier alpha value is -1.20. The summed E-state index contributed by atoms with van der Waals surface area (Å²) in [6.45, 7) is -0.304. The van der Waals surface area contributed by atoms with Crippen molar-refractivity contribution in [3.05, 3.63) is 23.8 Å². The van der Waals surface area contributed by atoms with Gasteiger partial charge in [0, 0.05) is 33.9 Å². The molecule has 4 N–H and O–H groups in total. The molecular weight excluding hydrogens is 320 g/mol. The highest BCUT2D eigenvalue weighted by atomic mass is 16.5. The first kappa shape index (κ1) is 20.8. The summed E-state index contributed by atoms with van der Waals surface area (Å²) in [7, 11) is 4.19. The highest BCUT2D eigenvalue weighted by Gasteiger charge is 2.29. The first-order valence-corrected chi connectivity index (χ1v) is 7.48. The number of hydrogen-bond donors (Lipinski definition) is 4. The maximum Gasteiger partial charge on any atom is 0.126 e. The predicted octanol–water partition coefficient (Wildman–Crippen LogP) is -1.56. The minimum atomic E-state index is -1.18. The van der Waals surface area contributed by atoms with Gasteiger partial charge in [-0.05, 0) is 0 Å². The van der Waals surface area contributed by atoms with Crippen LogP contribution in [0.1, 0.15) is 17.5 Å². The van der Waals surface area contributed by atoms with Crippen molar-refractivity contribution in [2.45, 2.75) is 36.9 Å². The van der Waals surface area contributed by atoms with Crippen LogP contribution in [0.4, 0.5) is 0 Å². The van der Waals surface area contributed by atoms with Gasteiger partial charge in [-0.3, -0.25) is 9.97 Å². The topological polar surface area (TPSA) is 134 Å². The van der Waals surface area contributed by atoms with E-state index >= 15 is 0 Å². The van der Waals surface area contributed by atoms with Gasteiger partial charge in [-0.1, -0.05) is 0 Å². The van der Waals surface area contributed by atoms with E-state index < -0.39 is 30.5 Å². The van der Waals surface area contributed by atoms with Gasteiger partial charge in [0.15, 0.2) is 0 Å². The molecule has 9 heteroatoms. The van der Waals surface area contributed by atoms with Gasteiger partial charge in [-0.15, -0.1) is 0 Å². The van der Waals surface area contributed by atoms with E-state index in [1.54, 1.807) is 0 Å². The van der Waals surface area contributed by atoms with Crippen LogP contribution in [-0.2, 0) is 20.6 Å². The third-order valence-corrected chi connectivity index (χ3v) is 3.66. The van der Waals surface area contributed by atoms with E-state index in [4.69, 9.17) is 19.3 Å². The van der Waals surface area contributed by atoms with Gasteiger partial charge in [-0.25, -0.2) is 0 Å². The molecule has 0 saturated heterocycles. The largest absolute Gasteiger partial charge is 0.394 e. The third kappa shape index (κ3) is 5.71. The van der Waals surface area contributed by atoms with Gasteiger partial charge >= 0.3 is 0 Å². The van der Waals surface area contributed by atoms with E-state index in [0.717, 1.165) is 0 Å². The second-order valence-corrected chi connectivity index (χ2v) is 5.33. The van der Waals surface area contributed by atoms with Gasteiger partial charge in [-0.2, -0.15) is 0 Å². The zero-order valence-corrected chi connectivity index (χ0v) is 14.1. The summed E-state index contributed by atoms with van der Waals surface area (Å²) in [4.78, 5) is 8.22. The molecule has 0 aromatic carbocycles. The summed E-state index contributed by atoms with van der Waals surface area (Å²) in [5.41, 5.74) is 0.695. The molecule has 0 radical (unpaired) electrons. The lowest BCUT2D eigenvalue weighted by molar-refractivity contribution is -0.103. The van der Waals surface area contributed by atoms with Crippen molar-refractivity contribution in [3.8, 4) is 0 Å². The van der Waals surface area contributed by atoms with Crippen molar-refractivity contribution >= 4 is 0 Å². The number of methoxy groups -OCH3 is 3. The van der Waals surface area contributed by atoms with Gasteiger partial charge < -0.3 is 34.6 Å². The summed E-state index contributed by atoms with van der Waals surface area (Å²) < 4.78 is 14.9. The van der Waals surface area contributed by atoms with Crippen molar-refractivity contribution in [1.29, 1.82) is 0 Å². The highest BCUT2D eigenvalue weighted by Crippen LogP contribution is 2.19. The summed E-state index contributed by atoms with van der Waals surface area (Å²) in [5, 5.41) is 39.2. The third-order valence-electron chi connectivity index (χ3n) is 3.66. The average Bonchev–Trinajstić information content (AvgIpc) is 2.57. The fraction of sp³-hybridized carbons (Fsp3) is 0.733. The van der Waals surface area contributed by atoms with E-state index in [1.807, 2.05) is 0 Å². The van der Waals surface area contributed by atoms with Crippen LogP contribution in [0.25, 0.3) is 0 Å². The molecule has 0 spiro atoms. The van der Waals surface area contributed by atoms with Crippen LogP contribution in [-0.4, -0.2) is 89.4 Å². The van der Waals surface area contributed by atoms with E-state index in [0.29, 0.717) is 5.69 Å². The molecule has 9 nitrogen and oxygen atoms in total. The molecule has 5 atom stereocenters. The van der Waals surface area contributed by atoms with E-state index in [1.165, 1.54) is 33.7 Å². The van der Waals surface area contributed by atoms with Crippen molar-refractivity contribution in [2.24, 2.45) is 0 Å². The Labute approximate surface area is 140 Å². The minimum Gasteiger partial charge on any atom is -0.394 e. The average molecular weight is 346 g/mol. The molecule has 0 bridgehead atoms. The predicted molar refractivity (Wildman–Crippen MR) is 83.3 cm³/mol. The van der Waals surface area contributed by atoms with Gasteiger partial charge in [0.05, 0.1) is 36.9 Å². The van der Waals surface area contributed by atoms with Crippen molar-refractivity contribution in [1.82, 2.24) is 9.97 Å². The highest BCUT2D eigenvalue weighted by molar-refractivity contribution is 5.08. The number of nitrogens with zero attached hydrogens (tertiary/aromatic N) is 2. The summed E-state index contributed by atoms with van der Waals surface area (Å²) in [6, 6.07) is 0. The first-order valence-electron chi connectivity index (χ1n) is 7.48. The maximum absolute atomic E-state index is 10.3. The normalized spacial score (nSPS) is 18.0. The molecule has 0 aliphatic heterocycles. The van der Waals surface area contributed by atoms with E-state index in [-0.39, 0.29) is 25.3 Å². The Morgan fingerprint density at radius 2 is 1.71 bits per heavy atom. The fourth-order valence-corrected chi connectivity index (χ4v) is 2.25. The zero-order valence-electron chi connectivity index (χ0n) is 14.1. The van der Waals surface area contributed by atoms with Crippen LogP contribution < -0.4 is 0 Å². The fourth-order valence-electron chi connectivity index (χ4n) is 2.25. The minimum absolute atomic E-state index is 0.00678. The van der Waals surface area contributed by atoms with Gasteiger partial charge in [0.2, 0.25) is 0 Å². The van der Waals surface area contributed by atoms with Crippen LogP contribution in [0.2, 0.25) is 0 Å². The lowest BCUT2D eigenvalue weighted by atomic mass is 10.1. The molecule has 0 aliphatic carbocycles. The Kier molecular flexibility index (Phi) is 9.22. The van der Waals surface area contributed by atoms with Crippen molar-refractivity contribution in [2.75, 3.05) is 34.5 Å². The molecule has 1 heterocycles. The molecule has 24 heavy (non-hydrogen) atoms. The quantitative estimate of drug-likeness (QED) is 0.375.